The number of nitrogens with one attached hydrogen (secondary N) is 1. The van der Waals surface area contributed by atoms with Crippen molar-refractivity contribution in [3.05, 3.63) is 28.6 Å². The third kappa shape index (κ3) is 3.70. The van der Waals surface area contributed by atoms with E-state index in [0.717, 1.165) is 45.2 Å². The average Bonchev–Trinajstić information content (AvgIpc) is 3.03. The molecular formula is C18H19BrN6O2S. The Labute approximate surface area is 171 Å². The summed E-state index contributed by atoms with van der Waals surface area (Å²) < 4.78 is 23.7. The Morgan fingerprint density at radius 1 is 1.25 bits per heavy atom. The molecule has 4 rings (SSSR count). The maximum absolute atomic E-state index is 11.4. The van der Waals surface area contributed by atoms with Gasteiger partial charge < -0.3 is 9.88 Å². The van der Waals surface area contributed by atoms with E-state index in [-0.39, 0.29) is 5.75 Å². The summed E-state index contributed by atoms with van der Waals surface area (Å²) in [6, 6.07) is 4.21. The van der Waals surface area contributed by atoms with Crippen LogP contribution >= 0.6 is 15.9 Å². The number of halogens is 1. The van der Waals surface area contributed by atoms with E-state index in [1.165, 1.54) is 6.26 Å². The fourth-order valence-corrected chi connectivity index (χ4v) is 4.53. The van der Waals surface area contributed by atoms with Gasteiger partial charge in [-0.15, -0.1) is 0 Å². The maximum atomic E-state index is 11.4. The highest BCUT2D eigenvalue weighted by atomic mass is 79.9. The van der Waals surface area contributed by atoms with Crippen LogP contribution in [0, 0.1) is 11.3 Å². The normalized spacial score (nSPS) is 16.0. The van der Waals surface area contributed by atoms with Gasteiger partial charge in [0.1, 0.15) is 21.6 Å². The number of pyridine rings is 2. The van der Waals surface area contributed by atoms with E-state index in [2.05, 4.69) is 46.8 Å². The van der Waals surface area contributed by atoms with Crippen molar-refractivity contribution in [1.82, 2.24) is 19.9 Å². The molecule has 3 aromatic rings. The molecule has 0 aliphatic carbocycles. The van der Waals surface area contributed by atoms with Gasteiger partial charge in [-0.3, -0.25) is 4.90 Å². The van der Waals surface area contributed by atoms with Gasteiger partial charge in [0.2, 0.25) is 0 Å². The lowest BCUT2D eigenvalue weighted by molar-refractivity contribution is 0.272. The van der Waals surface area contributed by atoms with E-state index < -0.39 is 9.84 Å². The Morgan fingerprint density at radius 3 is 2.68 bits per heavy atom. The van der Waals surface area contributed by atoms with Gasteiger partial charge in [-0.05, 0) is 22.0 Å². The first-order chi connectivity index (χ1) is 13.4. The summed E-state index contributed by atoms with van der Waals surface area (Å²) in [5.74, 6) is 0.162. The van der Waals surface area contributed by atoms with Crippen molar-refractivity contribution in [2.75, 3.05) is 49.6 Å². The van der Waals surface area contributed by atoms with Crippen molar-refractivity contribution in [2.45, 2.75) is 0 Å². The molecule has 1 N–H and O–H groups in total. The van der Waals surface area contributed by atoms with E-state index in [4.69, 9.17) is 0 Å². The van der Waals surface area contributed by atoms with Crippen LogP contribution in [-0.4, -0.2) is 73.0 Å². The Bertz CT molecular complexity index is 1190. The molecule has 4 heterocycles. The molecule has 1 aliphatic heterocycles. The molecule has 0 saturated carbocycles. The molecule has 1 saturated heterocycles. The van der Waals surface area contributed by atoms with Crippen LogP contribution in [0.15, 0.2) is 22.9 Å². The summed E-state index contributed by atoms with van der Waals surface area (Å²) >= 11 is 3.47. The van der Waals surface area contributed by atoms with E-state index in [9.17, 15) is 13.7 Å². The number of fused-ring (bicyclic) bond motifs is 3. The molecule has 1 aliphatic rings. The lowest BCUT2D eigenvalue weighted by Gasteiger charge is -2.36. The number of rotatable bonds is 4. The summed E-state index contributed by atoms with van der Waals surface area (Å²) in [4.78, 5) is 16.3. The Balaban J connectivity index is 1.70. The third-order valence-electron chi connectivity index (χ3n) is 5.00. The second kappa shape index (κ2) is 7.31. The summed E-state index contributed by atoms with van der Waals surface area (Å²) in [5, 5.41) is 11.5. The number of hydrogen-bond acceptors (Lipinski definition) is 7. The van der Waals surface area contributed by atoms with Gasteiger partial charge >= 0.3 is 0 Å². The van der Waals surface area contributed by atoms with Crippen LogP contribution in [0.1, 0.15) is 5.69 Å². The number of hydrogen-bond donors (Lipinski definition) is 1. The van der Waals surface area contributed by atoms with Gasteiger partial charge in [0.25, 0.3) is 0 Å². The standard InChI is InChI=1S/C18H19BrN6O2S/c1-28(26,27)7-6-24-2-4-25(5-3-24)17-14(9-20)21-11-15-16(17)13-8-12(19)10-22-18(13)23-15/h8,10-11H,2-7H2,1H3,(H,22,23). The molecule has 0 aromatic carbocycles. The van der Waals surface area contributed by atoms with Crippen LogP contribution in [0.4, 0.5) is 5.69 Å². The van der Waals surface area contributed by atoms with Crippen molar-refractivity contribution >= 4 is 53.4 Å². The first-order valence-corrected chi connectivity index (χ1v) is 11.7. The van der Waals surface area contributed by atoms with Crippen molar-refractivity contribution in [2.24, 2.45) is 0 Å². The van der Waals surface area contributed by atoms with E-state index in [1.54, 1.807) is 12.4 Å². The van der Waals surface area contributed by atoms with E-state index >= 15 is 0 Å². The number of aromatic amines is 1. The molecule has 28 heavy (non-hydrogen) atoms. The summed E-state index contributed by atoms with van der Waals surface area (Å²) in [7, 11) is -2.97. The zero-order valence-corrected chi connectivity index (χ0v) is 17.7. The Morgan fingerprint density at radius 2 is 2.00 bits per heavy atom. The van der Waals surface area contributed by atoms with Crippen LogP contribution in [0.5, 0.6) is 0 Å². The lowest BCUT2D eigenvalue weighted by atomic mass is 10.1. The summed E-state index contributed by atoms with van der Waals surface area (Å²) in [6.07, 6.45) is 4.67. The first kappa shape index (κ1) is 19.1. The van der Waals surface area contributed by atoms with Gasteiger partial charge in [-0.1, -0.05) is 0 Å². The third-order valence-corrected chi connectivity index (χ3v) is 6.36. The number of anilines is 1. The van der Waals surface area contributed by atoms with Crippen molar-refractivity contribution in [3.8, 4) is 6.07 Å². The van der Waals surface area contributed by atoms with E-state index in [0.29, 0.717) is 25.3 Å². The quantitative estimate of drug-likeness (QED) is 0.630. The number of sulfone groups is 1. The number of nitrogens with zero attached hydrogens (tertiary/aromatic N) is 5. The van der Waals surface area contributed by atoms with Crippen molar-refractivity contribution in [1.29, 1.82) is 5.26 Å². The number of H-pyrrole nitrogens is 1. The zero-order chi connectivity index (χ0) is 19.9. The Kier molecular flexibility index (Phi) is 4.99. The lowest BCUT2D eigenvalue weighted by Crippen LogP contribution is -2.48. The van der Waals surface area contributed by atoms with Crippen LogP contribution in [0.2, 0.25) is 0 Å². The molecule has 10 heteroatoms. The number of aromatic nitrogens is 3. The fourth-order valence-electron chi connectivity index (χ4n) is 3.60. The molecule has 0 unspecified atom stereocenters. The number of piperazine rings is 1. The highest BCUT2D eigenvalue weighted by Gasteiger charge is 2.24. The van der Waals surface area contributed by atoms with Crippen LogP contribution < -0.4 is 4.90 Å². The maximum Gasteiger partial charge on any atom is 0.164 e. The monoisotopic (exact) mass is 462 g/mol. The molecule has 0 radical (unpaired) electrons. The first-order valence-electron chi connectivity index (χ1n) is 8.87. The van der Waals surface area contributed by atoms with Gasteiger partial charge in [-0.25, -0.2) is 18.4 Å². The van der Waals surface area contributed by atoms with Crippen molar-refractivity contribution < 1.29 is 8.42 Å². The molecule has 0 spiro atoms. The SMILES string of the molecule is CS(=O)(=O)CCN1CCN(c2c(C#N)ncc3[nH]c4ncc(Br)cc4c23)CC1. The predicted molar refractivity (Wildman–Crippen MR) is 112 cm³/mol. The molecule has 1 fully saturated rings. The molecule has 0 amide bonds. The molecule has 146 valence electrons. The summed E-state index contributed by atoms with van der Waals surface area (Å²) in [5.41, 5.74) is 2.80. The molecule has 3 aromatic heterocycles. The second-order valence-electron chi connectivity index (χ2n) is 6.99. The minimum Gasteiger partial charge on any atom is -0.366 e. The highest BCUT2D eigenvalue weighted by molar-refractivity contribution is 9.10. The molecule has 0 bridgehead atoms. The summed E-state index contributed by atoms with van der Waals surface area (Å²) in [6.45, 7) is 3.41. The minimum atomic E-state index is -2.97. The van der Waals surface area contributed by atoms with Crippen molar-refractivity contribution in [3.63, 3.8) is 0 Å². The van der Waals surface area contributed by atoms with Gasteiger partial charge in [-0.2, -0.15) is 5.26 Å². The van der Waals surface area contributed by atoms with E-state index in [1.807, 2.05) is 6.07 Å². The number of nitriles is 1. The topological polar surface area (TPSA) is 106 Å². The minimum absolute atomic E-state index is 0.162. The zero-order valence-electron chi connectivity index (χ0n) is 15.3. The molecular weight excluding hydrogens is 444 g/mol. The van der Waals surface area contributed by atoms with Crippen LogP contribution in [0.3, 0.4) is 0 Å². The second-order valence-corrected chi connectivity index (χ2v) is 10.2. The van der Waals surface area contributed by atoms with Gasteiger partial charge in [0, 0.05) is 60.4 Å². The largest absolute Gasteiger partial charge is 0.366 e. The average molecular weight is 463 g/mol. The van der Waals surface area contributed by atoms with Gasteiger partial charge in [0.05, 0.1) is 23.2 Å². The van der Waals surface area contributed by atoms with Crippen LogP contribution in [0.25, 0.3) is 21.9 Å². The van der Waals surface area contributed by atoms with Crippen LogP contribution in [-0.2, 0) is 9.84 Å². The molecule has 8 nitrogen and oxygen atoms in total. The smallest absolute Gasteiger partial charge is 0.164 e. The fraction of sp³-hybridized carbons (Fsp3) is 0.389. The Hall–Kier alpha value is -2.22. The molecule has 0 atom stereocenters. The highest BCUT2D eigenvalue weighted by Crippen LogP contribution is 2.36. The predicted octanol–water partition coefficient (Wildman–Crippen LogP) is 1.91. The van der Waals surface area contributed by atoms with Gasteiger partial charge in [0.15, 0.2) is 5.69 Å².